The van der Waals surface area contributed by atoms with E-state index < -0.39 is 17.9 Å². The maximum Gasteiger partial charge on any atom is 0.326 e. The molecule has 0 spiro atoms. The van der Waals surface area contributed by atoms with E-state index in [4.69, 9.17) is 4.74 Å². The standard InChI is InChI=1S/C18H27N3O4/c1-18(2,3)21-14(11-6-7-11)9-13(20-21)16(22)19-15(17(23)24)12-5-4-8-25-10-12/h9,11-12,15H,4-8,10H2,1-3H3,(H,19,22)(H,23,24). The van der Waals surface area contributed by atoms with Crippen LogP contribution in [0.15, 0.2) is 6.07 Å². The van der Waals surface area contributed by atoms with Gasteiger partial charge in [-0.15, -0.1) is 0 Å². The minimum atomic E-state index is -1.03. The van der Waals surface area contributed by atoms with Gasteiger partial charge in [-0.25, -0.2) is 4.79 Å². The van der Waals surface area contributed by atoms with Crippen LogP contribution in [0.5, 0.6) is 0 Å². The number of ether oxygens (including phenoxy) is 1. The lowest BCUT2D eigenvalue weighted by Gasteiger charge is -2.27. The Kier molecular flexibility index (Phi) is 4.86. The van der Waals surface area contributed by atoms with Crippen LogP contribution in [-0.2, 0) is 15.1 Å². The van der Waals surface area contributed by atoms with Crippen molar-refractivity contribution in [1.82, 2.24) is 15.1 Å². The molecule has 2 aliphatic rings. The van der Waals surface area contributed by atoms with Gasteiger partial charge < -0.3 is 15.2 Å². The van der Waals surface area contributed by atoms with Gasteiger partial charge in [-0.1, -0.05) is 0 Å². The maximum absolute atomic E-state index is 12.6. The van der Waals surface area contributed by atoms with E-state index in [9.17, 15) is 14.7 Å². The van der Waals surface area contributed by atoms with Gasteiger partial charge in [-0.3, -0.25) is 9.48 Å². The molecule has 138 valence electrons. The predicted octanol–water partition coefficient (Wildman–Crippen LogP) is 2.13. The second kappa shape index (κ2) is 6.78. The zero-order valence-electron chi connectivity index (χ0n) is 15.1. The number of rotatable bonds is 5. The number of carboxylic acid groups (broad SMARTS) is 1. The third-order valence-electron chi connectivity index (χ3n) is 4.82. The smallest absolute Gasteiger partial charge is 0.326 e. The number of nitrogens with zero attached hydrogens (tertiary/aromatic N) is 2. The minimum absolute atomic E-state index is 0.206. The Morgan fingerprint density at radius 1 is 1.36 bits per heavy atom. The second-order valence-corrected chi connectivity index (χ2v) is 8.08. The van der Waals surface area contributed by atoms with E-state index in [0.717, 1.165) is 31.4 Å². The molecule has 2 atom stereocenters. The van der Waals surface area contributed by atoms with Crippen molar-refractivity contribution in [1.29, 1.82) is 0 Å². The van der Waals surface area contributed by atoms with E-state index in [0.29, 0.717) is 24.8 Å². The third-order valence-corrected chi connectivity index (χ3v) is 4.82. The Labute approximate surface area is 147 Å². The third kappa shape index (κ3) is 4.03. The highest BCUT2D eigenvalue weighted by molar-refractivity contribution is 5.95. The Morgan fingerprint density at radius 2 is 2.08 bits per heavy atom. The van der Waals surface area contributed by atoms with Crippen LogP contribution in [0.4, 0.5) is 0 Å². The molecule has 3 rings (SSSR count). The molecule has 1 amide bonds. The molecule has 1 aliphatic carbocycles. The first-order valence-electron chi connectivity index (χ1n) is 8.99. The zero-order valence-corrected chi connectivity index (χ0v) is 15.1. The summed E-state index contributed by atoms with van der Waals surface area (Å²) >= 11 is 0. The van der Waals surface area contributed by atoms with Gasteiger partial charge in [-0.05, 0) is 52.5 Å². The molecule has 1 aromatic heterocycles. The molecule has 0 radical (unpaired) electrons. The fraction of sp³-hybridized carbons (Fsp3) is 0.722. The highest BCUT2D eigenvalue weighted by Crippen LogP contribution is 2.41. The lowest BCUT2D eigenvalue weighted by Crippen LogP contribution is -2.48. The maximum atomic E-state index is 12.6. The second-order valence-electron chi connectivity index (χ2n) is 8.08. The molecule has 1 aliphatic heterocycles. The van der Waals surface area contributed by atoms with E-state index in [-0.39, 0.29) is 11.5 Å². The summed E-state index contributed by atoms with van der Waals surface area (Å²) in [6.45, 7) is 7.16. The van der Waals surface area contributed by atoms with E-state index in [1.54, 1.807) is 0 Å². The summed E-state index contributed by atoms with van der Waals surface area (Å²) in [4.78, 5) is 24.3. The molecule has 2 fully saturated rings. The molecule has 1 saturated heterocycles. The number of hydrogen-bond acceptors (Lipinski definition) is 4. The number of carboxylic acids is 1. The number of carbonyl (C=O) groups is 2. The fourth-order valence-corrected chi connectivity index (χ4v) is 3.34. The summed E-state index contributed by atoms with van der Waals surface area (Å²) in [5.74, 6) is -1.21. The topological polar surface area (TPSA) is 93.5 Å². The molecule has 1 saturated carbocycles. The van der Waals surface area contributed by atoms with E-state index in [1.165, 1.54) is 0 Å². The number of carbonyl (C=O) groups excluding carboxylic acids is 1. The van der Waals surface area contributed by atoms with Crippen LogP contribution in [0.2, 0.25) is 0 Å². The predicted molar refractivity (Wildman–Crippen MR) is 91.6 cm³/mol. The van der Waals surface area contributed by atoms with Gasteiger partial charge >= 0.3 is 5.97 Å². The number of nitrogens with one attached hydrogen (secondary N) is 1. The Bertz CT molecular complexity index is 652. The summed E-state index contributed by atoms with van der Waals surface area (Å²) in [5.41, 5.74) is 1.13. The Hall–Kier alpha value is -1.89. The molecule has 25 heavy (non-hydrogen) atoms. The van der Waals surface area contributed by atoms with Crippen molar-refractivity contribution in [3.05, 3.63) is 17.5 Å². The first-order chi connectivity index (χ1) is 11.8. The summed E-state index contributed by atoms with van der Waals surface area (Å²) in [6.07, 6.45) is 3.77. The van der Waals surface area contributed by atoms with Crippen LogP contribution in [0.25, 0.3) is 0 Å². The summed E-state index contributed by atoms with van der Waals surface area (Å²) in [5, 5.41) is 16.7. The van der Waals surface area contributed by atoms with Crippen molar-refractivity contribution >= 4 is 11.9 Å². The lowest BCUT2D eigenvalue weighted by atomic mass is 9.93. The first kappa shape index (κ1) is 17.9. The Morgan fingerprint density at radius 3 is 2.60 bits per heavy atom. The molecule has 2 heterocycles. The van der Waals surface area contributed by atoms with Gasteiger partial charge in [0.2, 0.25) is 0 Å². The molecular weight excluding hydrogens is 322 g/mol. The lowest BCUT2D eigenvalue weighted by molar-refractivity contribution is -0.142. The minimum Gasteiger partial charge on any atom is -0.480 e. The van der Waals surface area contributed by atoms with Crippen molar-refractivity contribution in [2.45, 2.75) is 64.0 Å². The summed E-state index contributed by atoms with van der Waals surface area (Å²) in [6, 6.07) is 0.867. The first-order valence-corrected chi connectivity index (χ1v) is 8.99. The van der Waals surface area contributed by atoms with Crippen molar-refractivity contribution in [3.63, 3.8) is 0 Å². The van der Waals surface area contributed by atoms with Crippen LogP contribution < -0.4 is 5.32 Å². The van der Waals surface area contributed by atoms with Crippen molar-refractivity contribution in [3.8, 4) is 0 Å². The average molecular weight is 349 g/mol. The quantitative estimate of drug-likeness (QED) is 0.849. The SMILES string of the molecule is CC(C)(C)n1nc(C(=O)NC(C(=O)O)C2CCCOC2)cc1C1CC1. The van der Waals surface area contributed by atoms with Gasteiger partial charge in [0.1, 0.15) is 11.7 Å². The molecule has 1 aromatic rings. The number of aliphatic carboxylic acids is 1. The van der Waals surface area contributed by atoms with E-state index >= 15 is 0 Å². The molecule has 7 nitrogen and oxygen atoms in total. The normalized spacial score (nSPS) is 22.4. The largest absolute Gasteiger partial charge is 0.480 e. The molecule has 2 unspecified atom stereocenters. The molecule has 0 bridgehead atoms. The molecule has 2 N–H and O–H groups in total. The van der Waals surface area contributed by atoms with Crippen LogP contribution >= 0.6 is 0 Å². The van der Waals surface area contributed by atoms with Gasteiger partial charge in [0.15, 0.2) is 0 Å². The van der Waals surface area contributed by atoms with Gasteiger partial charge in [0.05, 0.1) is 12.1 Å². The van der Waals surface area contributed by atoms with E-state index in [1.807, 2.05) is 31.5 Å². The van der Waals surface area contributed by atoms with Crippen molar-refractivity contribution in [2.24, 2.45) is 5.92 Å². The van der Waals surface area contributed by atoms with Crippen molar-refractivity contribution < 1.29 is 19.4 Å². The van der Waals surface area contributed by atoms with Crippen LogP contribution in [0.1, 0.15) is 68.6 Å². The highest BCUT2D eigenvalue weighted by atomic mass is 16.5. The number of hydrogen-bond donors (Lipinski definition) is 2. The molecule has 0 aromatic carbocycles. The van der Waals surface area contributed by atoms with Crippen LogP contribution in [-0.4, -0.2) is 46.0 Å². The number of aromatic nitrogens is 2. The zero-order chi connectivity index (χ0) is 18.2. The van der Waals surface area contributed by atoms with Crippen LogP contribution in [0, 0.1) is 5.92 Å². The fourth-order valence-electron chi connectivity index (χ4n) is 3.34. The molecule has 7 heteroatoms. The van der Waals surface area contributed by atoms with Crippen molar-refractivity contribution in [2.75, 3.05) is 13.2 Å². The van der Waals surface area contributed by atoms with E-state index in [2.05, 4.69) is 10.4 Å². The molecular formula is C18H27N3O4. The average Bonchev–Trinajstić information content (AvgIpc) is 3.29. The highest BCUT2D eigenvalue weighted by Gasteiger charge is 2.35. The van der Waals surface area contributed by atoms with Gasteiger partial charge in [-0.2, -0.15) is 5.10 Å². The van der Waals surface area contributed by atoms with Crippen LogP contribution in [0.3, 0.4) is 0 Å². The Balaban J connectivity index is 1.78. The summed E-state index contributed by atoms with van der Waals surface area (Å²) < 4.78 is 7.28. The summed E-state index contributed by atoms with van der Waals surface area (Å²) in [7, 11) is 0. The van der Waals surface area contributed by atoms with Gasteiger partial charge in [0.25, 0.3) is 5.91 Å². The van der Waals surface area contributed by atoms with Gasteiger partial charge in [0, 0.05) is 24.1 Å². The number of amides is 1. The monoisotopic (exact) mass is 349 g/mol.